The van der Waals surface area contributed by atoms with Crippen molar-refractivity contribution >= 4 is 35.0 Å². The molecule has 0 aliphatic carbocycles. The van der Waals surface area contributed by atoms with Gasteiger partial charge in [-0.1, -0.05) is 17.7 Å². The van der Waals surface area contributed by atoms with E-state index >= 15 is 0 Å². The van der Waals surface area contributed by atoms with Crippen LogP contribution in [0.1, 0.15) is 12.5 Å². The third-order valence-electron chi connectivity index (χ3n) is 3.53. The zero-order valence-corrected chi connectivity index (χ0v) is 15.3. The Labute approximate surface area is 155 Å². The average molecular weight is 386 g/mol. The molecule has 0 saturated carbocycles. The highest BCUT2D eigenvalue weighted by molar-refractivity contribution is 6.33. The van der Waals surface area contributed by atoms with Crippen molar-refractivity contribution in [3.8, 4) is 5.75 Å². The minimum Gasteiger partial charge on any atom is -0.406 e. The molecule has 0 spiro atoms. The number of aryl methyl sites for hydroxylation is 1. The average Bonchev–Trinajstić information content (AvgIpc) is 2.55. The van der Waals surface area contributed by atoms with Crippen LogP contribution in [0.25, 0.3) is 0 Å². The number of ether oxygens (including phenoxy) is 1. The van der Waals surface area contributed by atoms with E-state index in [2.05, 4.69) is 15.0 Å². The maximum absolute atomic E-state index is 12.3. The van der Waals surface area contributed by atoms with E-state index < -0.39 is 6.36 Å². The fraction of sp³-hybridized carbons (Fsp3) is 0.278. The molecular formula is C18H19ClF3N3O. The lowest BCUT2D eigenvalue weighted by atomic mass is 10.1. The third-order valence-corrected chi connectivity index (χ3v) is 3.84. The van der Waals surface area contributed by atoms with Gasteiger partial charge in [0.05, 0.1) is 17.0 Å². The van der Waals surface area contributed by atoms with Crippen LogP contribution in [0.5, 0.6) is 5.75 Å². The van der Waals surface area contributed by atoms with Crippen LogP contribution in [0.15, 0.2) is 41.4 Å². The smallest absolute Gasteiger partial charge is 0.406 e. The van der Waals surface area contributed by atoms with Crippen LogP contribution in [0, 0.1) is 6.92 Å². The summed E-state index contributed by atoms with van der Waals surface area (Å²) < 4.78 is 40.9. The van der Waals surface area contributed by atoms with E-state index in [1.807, 2.05) is 25.8 Å². The topological polar surface area (TPSA) is 36.9 Å². The molecule has 2 rings (SSSR count). The summed E-state index contributed by atoms with van der Waals surface area (Å²) in [6.45, 7) is 4.68. The Hall–Kier alpha value is -2.41. The highest BCUT2D eigenvalue weighted by Gasteiger charge is 2.31. The van der Waals surface area contributed by atoms with Gasteiger partial charge in [0.1, 0.15) is 5.75 Å². The van der Waals surface area contributed by atoms with Gasteiger partial charge in [0.15, 0.2) is 0 Å². The molecule has 8 heteroatoms. The lowest BCUT2D eigenvalue weighted by Gasteiger charge is -2.14. The van der Waals surface area contributed by atoms with E-state index in [9.17, 15) is 13.2 Å². The summed E-state index contributed by atoms with van der Waals surface area (Å²) in [6.07, 6.45) is -3.05. The Kier molecular flexibility index (Phi) is 6.37. The summed E-state index contributed by atoms with van der Waals surface area (Å²) in [6, 6.07) is 9.11. The molecule has 0 aliphatic rings. The van der Waals surface area contributed by atoms with E-state index in [1.165, 1.54) is 18.2 Å². The highest BCUT2D eigenvalue weighted by Crippen LogP contribution is 2.33. The largest absolute Gasteiger partial charge is 0.573 e. The van der Waals surface area contributed by atoms with Crippen LogP contribution in [0.4, 0.5) is 30.2 Å². The Morgan fingerprint density at radius 1 is 1.27 bits per heavy atom. The molecule has 0 atom stereocenters. The molecule has 0 radical (unpaired) electrons. The van der Waals surface area contributed by atoms with E-state index in [0.717, 1.165) is 12.1 Å². The summed E-state index contributed by atoms with van der Waals surface area (Å²) >= 11 is 6.27. The molecule has 0 heterocycles. The molecule has 0 saturated heterocycles. The number of hydrogen-bond donors (Lipinski definition) is 1. The van der Waals surface area contributed by atoms with Crippen LogP contribution in [0.3, 0.4) is 0 Å². The van der Waals surface area contributed by atoms with Crippen LogP contribution in [0.2, 0.25) is 5.02 Å². The normalized spacial score (nSPS) is 11.7. The summed E-state index contributed by atoms with van der Waals surface area (Å²) in [5.74, 6) is -0.296. The first-order valence-corrected chi connectivity index (χ1v) is 8.23. The Bertz CT molecular complexity index is 794. The number of benzene rings is 2. The minimum absolute atomic E-state index is 0.296. The SMILES string of the molecule is CCN(C)C=Nc1cc(C)c(Nc2cccc(OC(F)(F)F)c2)cc1Cl. The fourth-order valence-electron chi connectivity index (χ4n) is 2.07. The number of nitrogens with zero attached hydrogens (tertiary/aromatic N) is 2. The van der Waals surface area contributed by atoms with Crippen molar-refractivity contribution < 1.29 is 17.9 Å². The fourth-order valence-corrected chi connectivity index (χ4v) is 2.28. The van der Waals surface area contributed by atoms with E-state index in [0.29, 0.717) is 22.1 Å². The lowest BCUT2D eigenvalue weighted by molar-refractivity contribution is -0.274. The van der Waals surface area contributed by atoms with Gasteiger partial charge in [0.25, 0.3) is 0 Å². The number of hydrogen-bond acceptors (Lipinski definition) is 3. The summed E-state index contributed by atoms with van der Waals surface area (Å²) in [7, 11) is 1.90. The Morgan fingerprint density at radius 3 is 2.65 bits per heavy atom. The quantitative estimate of drug-likeness (QED) is 0.496. The van der Waals surface area contributed by atoms with Crippen molar-refractivity contribution in [2.75, 3.05) is 18.9 Å². The molecule has 4 nitrogen and oxygen atoms in total. The number of aliphatic imine (C=N–C) groups is 1. The van der Waals surface area contributed by atoms with Crippen molar-refractivity contribution in [1.82, 2.24) is 4.90 Å². The lowest BCUT2D eigenvalue weighted by Crippen LogP contribution is -2.17. The van der Waals surface area contributed by atoms with Gasteiger partial charge in [-0.25, -0.2) is 4.99 Å². The van der Waals surface area contributed by atoms with Crippen LogP contribution < -0.4 is 10.1 Å². The van der Waals surface area contributed by atoms with E-state index in [4.69, 9.17) is 11.6 Å². The van der Waals surface area contributed by atoms with Crippen LogP contribution >= 0.6 is 11.6 Å². The number of rotatable bonds is 6. The minimum atomic E-state index is -4.73. The maximum atomic E-state index is 12.3. The number of anilines is 2. The molecule has 2 aromatic carbocycles. The monoisotopic (exact) mass is 385 g/mol. The molecule has 26 heavy (non-hydrogen) atoms. The molecule has 0 aliphatic heterocycles. The van der Waals surface area contributed by atoms with Gasteiger partial charge in [0.2, 0.25) is 0 Å². The Balaban J connectivity index is 2.21. The van der Waals surface area contributed by atoms with Gasteiger partial charge in [0, 0.05) is 31.0 Å². The zero-order chi connectivity index (χ0) is 19.3. The first-order chi connectivity index (χ1) is 12.2. The van der Waals surface area contributed by atoms with Gasteiger partial charge in [-0.2, -0.15) is 0 Å². The zero-order valence-electron chi connectivity index (χ0n) is 14.6. The first kappa shape index (κ1) is 19.9. The molecule has 0 amide bonds. The standard InChI is InChI=1S/C18H19ClF3N3O/c1-4-25(3)11-23-17-8-12(2)16(10-15(17)19)24-13-6-5-7-14(9-13)26-18(20,21)22/h5-11,24H,4H2,1-3H3. The summed E-state index contributed by atoms with van der Waals surface area (Å²) in [5.41, 5.74) is 2.59. The van der Waals surface area contributed by atoms with Crippen molar-refractivity contribution in [2.45, 2.75) is 20.2 Å². The van der Waals surface area contributed by atoms with Crippen molar-refractivity contribution in [2.24, 2.45) is 4.99 Å². The second kappa shape index (κ2) is 8.31. The number of alkyl halides is 3. The molecular weight excluding hydrogens is 367 g/mol. The third kappa shape index (κ3) is 5.84. The molecule has 1 N–H and O–H groups in total. The predicted molar refractivity (Wildman–Crippen MR) is 99.1 cm³/mol. The Morgan fingerprint density at radius 2 is 2.00 bits per heavy atom. The van der Waals surface area contributed by atoms with Crippen molar-refractivity contribution in [1.29, 1.82) is 0 Å². The van der Waals surface area contributed by atoms with Gasteiger partial charge in [-0.3, -0.25) is 0 Å². The van der Waals surface area contributed by atoms with Crippen LogP contribution in [-0.4, -0.2) is 31.2 Å². The molecule has 0 unspecified atom stereocenters. The molecule has 2 aromatic rings. The molecule has 0 bridgehead atoms. The predicted octanol–water partition coefficient (Wildman–Crippen LogP) is 5.90. The summed E-state index contributed by atoms with van der Waals surface area (Å²) in [5, 5.41) is 3.48. The number of nitrogens with one attached hydrogen (secondary N) is 1. The maximum Gasteiger partial charge on any atom is 0.573 e. The number of halogens is 4. The highest BCUT2D eigenvalue weighted by atomic mass is 35.5. The van der Waals surface area contributed by atoms with Gasteiger partial charge >= 0.3 is 6.36 Å². The summed E-state index contributed by atoms with van der Waals surface area (Å²) in [4.78, 5) is 6.24. The first-order valence-electron chi connectivity index (χ1n) is 7.85. The molecule has 0 fully saturated rings. The van der Waals surface area contributed by atoms with Gasteiger partial charge in [-0.05, 0) is 43.7 Å². The van der Waals surface area contributed by atoms with Crippen molar-refractivity contribution in [3.63, 3.8) is 0 Å². The molecule has 140 valence electrons. The molecule has 0 aromatic heterocycles. The van der Waals surface area contributed by atoms with E-state index in [1.54, 1.807) is 24.5 Å². The van der Waals surface area contributed by atoms with Gasteiger partial charge in [-0.15, -0.1) is 13.2 Å². The van der Waals surface area contributed by atoms with E-state index in [-0.39, 0.29) is 5.75 Å². The van der Waals surface area contributed by atoms with Crippen molar-refractivity contribution in [3.05, 3.63) is 47.0 Å². The van der Waals surface area contributed by atoms with Crippen LogP contribution in [-0.2, 0) is 0 Å². The van der Waals surface area contributed by atoms with Gasteiger partial charge < -0.3 is 15.0 Å². The second-order valence-electron chi connectivity index (χ2n) is 5.64. The second-order valence-corrected chi connectivity index (χ2v) is 6.04.